The maximum atomic E-state index is 11.4. The van der Waals surface area contributed by atoms with Crippen molar-refractivity contribution in [3.05, 3.63) is 33.3 Å². The summed E-state index contributed by atoms with van der Waals surface area (Å²) in [6.45, 7) is 5.89. The molecule has 0 amide bonds. The zero-order valence-corrected chi connectivity index (χ0v) is 13.3. The Labute approximate surface area is 119 Å². The fourth-order valence-corrected chi connectivity index (χ4v) is 3.10. The molecule has 96 valence electrons. The van der Waals surface area contributed by atoms with Crippen molar-refractivity contribution in [2.45, 2.75) is 37.9 Å². The molecule has 2 nitrogen and oxygen atoms in total. The highest BCUT2D eigenvalue weighted by atomic mass is 79.9. The van der Waals surface area contributed by atoms with Crippen molar-refractivity contribution >= 4 is 38.5 Å². The quantitative estimate of drug-likeness (QED) is 0.886. The van der Waals surface area contributed by atoms with Crippen molar-refractivity contribution in [3.63, 3.8) is 0 Å². The first-order valence-corrected chi connectivity index (χ1v) is 7.73. The minimum absolute atomic E-state index is 0.220. The Kier molecular flexibility index (Phi) is 5.20. The van der Waals surface area contributed by atoms with Gasteiger partial charge in [0.2, 0.25) is 0 Å². The van der Waals surface area contributed by atoms with Crippen LogP contribution in [0.25, 0.3) is 0 Å². The SMILES string of the molecule is C[C@H](CC(C)(C)S(N)=O)c1ccc(Br)cc1Cl. The monoisotopic (exact) mass is 337 g/mol. The van der Waals surface area contributed by atoms with Crippen molar-refractivity contribution in [1.82, 2.24) is 0 Å². The van der Waals surface area contributed by atoms with E-state index >= 15 is 0 Å². The zero-order valence-electron chi connectivity index (χ0n) is 10.2. The first-order chi connectivity index (χ1) is 7.74. The first-order valence-electron chi connectivity index (χ1n) is 5.35. The van der Waals surface area contributed by atoms with Crippen molar-refractivity contribution in [1.29, 1.82) is 0 Å². The third-order valence-corrected chi connectivity index (χ3v) is 4.91. The molecule has 5 heteroatoms. The molecule has 0 fully saturated rings. The van der Waals surface area contributed by atoms with Crippen LogP contribution in [-0.2, 0) is 11.0 Å². The summed E-state index contributed by atoms with van der Waals surface area (Å²) in [5.74, 6) is 0.220. The van der Waals surface area contributed by atoms with Crippen LogP contribution < -0.4 is 5.14 Å². The van der Waals surface area contributed by atoms with Crippen molar-refractivity contribution in [2.75, 3.05) is 0 Å². The van der Waals surface area contributed by atoms with Gasteiger partial charge in [-0.15, -0.1) is 0 Å². The number of hydrogen-bond acceptors (Lipinski definition) is 1. The number of benzene rings is 1. The van der Waals surface area contributed by atoms with Crippen LogP contribution in [-0.4, -0.2) is 8.96 Å². The van der Waals surface area contributed by atoms with Crippen molar-refractivity contribution < 1.29 is 4.21 Å². The molecule has 1 rings (SSSR count). The molecular formula is C12H17BrClNOS. The highest BCUT2D eigenvalue weighted by Gasteiger charge is 2.27. The predicted molar refractivity (Wildman–Crippen MR) is 78.6 cm³/mol. The molecule has 2 atom stereocenters. The minimum atomic E-state index is -1.33. The minimum Gasteiger partial charge on any atom is -0.251 e. The van der Waals surface area contributed by atoms with E-state index < -0.39 is 15.7 Å². The first kappa shape index (κ1) is 15.2. The number of halogens is 2. The lowest BCUT2D eigenvalue weighted by Crippen LogP contribution is -2.33. The highest BCUT2D eigenvalue weighted by molar-refractivity contribution is 9.10. The molecule has 1 unspecified atom stereocenters. The van der Waals surface area contributed by atoms with E-state index in [2.05, 4.69) is 22.9 Å². The van der Waals surface area contributed by atoms with Gasteiger partial charge in [0.25, 0.3) is 0 Å². The van der Waals surface area contributed by atoms with Crippen LogP contribution in [0.3, 0.4) is 0 Å². The fraction of sp³-hybridized carbons (Fsp3) is 0.500. The van der Waals surface area contributed by atoms with Gasteiger partial charge in [0.1, 0.15) is 0 Å². The van der Waals surface area contributed by atoms with E-state index in [9.17, 15) is 4.21 Å². The van der Waals surface area contributed by atoms with Crippen molar-refractivity contribution in [3.8, 4) is 0 Å². The Balaban J connectivity index is 2.90. The summed E-state index contributed by atoms with van der Waals surface area (Å²) in [5, 5.41) is 6.22. The van der Waals surface area contributed by atoms with Gasteiger partial charge in [0.05, 0.1) is 15.7 Å². The maximum Gasteiger partial charge on any atom is 0.0945 e. The molecule has 0 aliphatic carbocycles. The third-order valence-electron chi connectivity index (χ3n) is 2.84. The normalized spacial score (nSPS) is 15.6. The third kappa shape index (κ3) is 4.05. The summed E-state index contributed by atoms with van der Waals surface area (Å²) in [7, 11) is -1.33. The van der Waals surface area contributed by atoms with E-state index in [0.29, 0.717) is 0 Å². The van der Waals surface area contributed by atoms with Gasteiger partial charge < -0.3 is 0 Å². The summed E-state index contributed by atoms with van der Waals surface area (Å²) < 4.78 is 12.0. The molecular weight excluding hydrogens is 322 g/mol. The highest BCUT2D eigenvalue weighted by Crippen LogP contribution is 2.33. The van der Waals surface area contributed by atoms with Gasteiger partial charge in [-0.25, -0.2) is 4.21 Å². The standard InChI is InChI=1S/C12H17BrClNOS/c1-8(7-12(2,3)17(15)16)10-5-4-9(13)6-11(10)14/h4-6,8H,7,15H2,1-3H3/t8-,17?/m1/s1. The Morgan fingerprint density at radius 3 is 2.59 bits per heavy atom. The zero-order chi connectivity index (χ0) is 13.2. The van der Waals surface area contributed by atoms with Gasteiger partial charge in [0, 0.05) is 9.50 Å². The molecule has 0 saturated carbocycles. The van der Waals surface area contributed by atoms with Crippen LogP contribution in [0.4, 0.5) is 0 Å². The molecule has 0 radical (unpaired) electrons. The van der Waals surface area contributed by atoms with Gasteiger partial charge in [0.15, 0.2) is 0 Å². The Bertz CT molecular complexity index is 437. The summed E-state index contributed by atoms with van der Waals surface area (Å²) >= 11 is 9.57. The predicted octanol–water partition coefficient (Wildman–Crippen LogP) is 4.00. The van der Waals surface area contributed by atoms with Gasteiger partial charge in [-0.3, -0.25) is 5.14 Å². The molecule has 0 aliphatic rings. The lowest BCUT2D eigenvalue weighted by Gasteiger charge is -2.25. The molecule has 0 aromatic heterocycles. The summed E-state index contributed by atoms with van der Waals surface area (Å²) in [6, 6.07) is 5.83. The Morgan fingerprint density at radius 2 is 2.12 bits per heavy atom. The Hall–Kier alpha value is 0.1000. The van der Waals surface area contributed by atoms with Crippen molar-refractivity contribution in [2.24, 2.45) is 5.14 Å². The van der Waals surface area contributed by atoms with E-state index in [4.69, 9.17) is 16.7 Å². The molecule has 2 N–H and O–H groups in total. The van der Waals surface area contributed by atoms with Gasteiger partial charge in [-0.1, -0.05) is 40.5 Å². The fourth-order valence-electron chi connectivity index (χ4n) is 1.83. The Morgan fingerprint density at radius 1 is 1.53 bits per heavy atom. The number of nitrogens with two attached hydrogens (primary N) is 1. The lowest BCUT2D eigenvalue weighted by atomic mass is 9.91. The lowest BCUT2D eigenvalue weighted by molar-refractivity contribution is 0.540. The van der Waals surface area contributed by atoms with Crippen LogP contribution >= 0.6 is 27.5 Å². The van der Waals surface area contributed by atoms with E-state index in [0.717, 1.165) is 21.5 Å². The molecule has 0 saturated heterocycles. The average Bonchev–Trinajstić information content (AvgIpc) is 2.15. The van der Waals surface area contributed by atoms with Crippen LogP contribution in [0, 0.1) is 0 Å². The van der Waals surface area contributed by atoms with Gasteiger partial charge in [-0.05, 0) is 43.9 Å². The van der Waals surface area contributed by atoms with Crippen LogP contribution in [0.5, 0.6) is 0 Å². The van der Waals surface area contributed by atoms with Crippen LogP contribution in [0.2, 0.25) is 5.02 Å². The molecule has 0 heterocycles. The second-order valence-electron chi connectivity index (χ2n) is 4.83. The van der Waals surface area contributed by atoms with E-state index in [1.165, 1.54) is 0 Å². The van der Waals surface area contributed by atoms with E-state index in [1.807, 2.05) is 32.0 Å². The van der Waals surface area contributed by atoms with Gasteiger partial charge >= 0.3 is 0 Å². The summed E-state index contributed by atoms with van der Waals surface area (Å²) in [4.78, 5) is 0. The van der Waals surface area contributed by atoms with Gasteiger partial charge in [-0.2, -0.15) is 0 Å². The topological polar surface area (TPSA) is 43.1 Å². The molecule has 1 aromatic carbocycles. The molecule has 0 bridgehead atoms. The summed E-state index contributed by atoms with van der Waals surface area (Å²) in [5.41, 5.74) is 1.06. The second kappa shape index (κ2) is 5.83. The smallest absolute Gasteiger partial charge is 0.0945 e. The molecule has 1 aromatic rings. The molecule has 17 heavy (non-hydrogen) atoms. The second-order valence-corrected chi connectivity index (χ2v) is 7.85. The maximum absolute atomic E-state index is 11.4. The average molecular weight is 339 g/mol. The largest absolute Gasteiger partial charge is 0.251 e. The van der Waals surface area contributed by atoms with Crippen LogP contribution in [0.1, 0.15) is 38.7 Å². The molecule has 0 aliphatic heterocycles. The number of rotatable bonds is 4. The summed E-state index contributed by atoms with van der Waals surface area (Å²) in [6.07, 6.45) is 0.734. The molecule has 0 spiro atoms. The van der Waals surface area contributed by atoms with Crippen LogP contribution in [0.15, 0.2) is 22.7 Å². The van der Waals surface area contributed by atoms with E-state index in [-0.39, 0.29) is 5.92 Å². The van der Waals surface area contributed by atoms with E-state index in [1.54, 1.807) is 0 Å². The number of hydrogen-bond donors (Lipinski definition) is 1.